The van der Waals surface area contributed by atoms with Crippen molar-refractivity contribution in [3.8, 4) is 0 Å². The molecule has 0 aliphatic carbocycles. The van der Waals surface area contributed by atoms with Crippen molar-refractivity contribution in [2.24, 2.45) is 5.73 Å². The van der Waals surface area contributed by atoms with Gasteiger partial charge < -0.3 is 10.5 Å². The molecule has 84 valence electrons. The number of ether oxygens (including phenoxy) is 1. The summed E-state index contributed by atoms with van der Waals surface area (Å²) in [5.41, 5.74) is 6.31. The third-order valence-electron chi connectivity index (χ3n) is 2.03. The molecule has 0 heterocycles. The minimum atomic E-state index is -0.272. The summed E-state index contributed by atoms with van der Waals surface area (Å²) in [6.07, 6.45) is 0.437. The van der Waals surface area contributed by atoms with Gasteiger partial charge in [0.2, 0.25) is 0 Å². The van der Waals surface area contributed by atoms with Gasteiger partial charge in [0.15, 0.2) is 0 Å². The fourth-order valence-corrected chi connectivity index (χ4v) is 1.51. The van der Waals surface area contributed by atoms with E-state index in [9.17, 15) is 4.39 Å². The zero-order chi connectivity index (χ0) is 11.3. The van der Waals surface area contributed by atoms with E-state index in [-0.39, 0.29) is 11.9 Å². The first-order chi connectivity index (χ1) is 7.13. The predicted octanol–water partition coefficient (Wildman–Crippen LogP) is 2.39. The number of halogens is 2. The van der Waals surface area contributed by atoms with Gasteiger partial charge in [-0.2, -0.15) is 0 Å². The molecule has 15 heavy (non-hydrogen) atoms. The SMILES string of the molecule is CCOCC(N)Cc1cc(Cl)ccc1F. The minimum absolute atomic E-state index is 0.196. The monoisotopic (exact) mass is 231 g/mol. The lowest BCUT2D eigenvalue weighted by atomic mass is 10.1. The summed E-state index contributed by atoms with van der Waals surface area (Å²) in [7, 11) is 0. The zero-order valence-electron chi connectivity index (χ0n) is 8.67. The fraction of sp³-hybridized carbons (Fsp3) is 0.455. The van der Waals surface area contributed by atoms with Crippen LogP contribution in [0.15, 0.2) is 18.2 Å². The maximum Gasteiger partial charge on any atom is 0.126 e. The van der Waals surface area contributed by atoms with E-state index in [1.807, 2.05) is 6.92 Å². The average Bonchev–Trinajstić information content (AvgIpc) is 2.20. The summed E-state index contributed by atoms with van der Waals surface area (Å²) in [5, 5.41) is 0.523. The van der Waals surface area contributed by atoms with Crippen molar-refractivity contribution >= 4 is 11.6 Å². The molecule has 0 fully saturated rings. The Morgan fingerprint density at radius 3 is 2.93 bits per heavy atom. The first kappa shape index (κ1) is 12.4. The molecule has 2 nitrogen and oxygen atoms in total. The topological polar surface area (TPSA) is 35.2 Å². The van der Waals surface area contributed by atoms with Crippen molar-refractivity contribution in [3.63, 3.8) is 0 Å². The van der Waals surface area contributed by atoms with Gasteiger partial charge in [-0.1, -0.05) is 11.6 Å². The molecule has 0 spiro atoms. The van der Waals surface area contributed by atoms with Gasteiger partial charge in [0.25, 0.3) is 0 Å². The Balaban J connectivity index is 2.59. The molecule has 0 saturated carbocycles. The van der Waals surface area contributed by atoms with E-state index in [0.29, 0.717) is 30.2 Å². The molecule has 1 aromatic carbocycles. The van der Waals surface area contributed by atoms with Gasteiger partial charge in [-0.05, 0) is 37.1 Å². The molecule has 1 unspecified atom stereocenters. The Hall–Kier alpha value is -0.640. The van der Waals surface area contributed by atoms with Crippen LogP contribution in [0, 0.1) is 5.82 Å². The minimum Gasteiger partial charge on any atom is -0.380 e. The molecule has 0 aliphatic rings. The highest BCUT2D eigenvalue weighted by Crippen LogP contribution is 2.16. The smallest absolute Gasteiger partial charge is 0.126 e. The van der Waals surface area contributed by atoms with E-state index in [1.54, 1.807) is 6.07 Å². The average molecular weight is 232 g/mol. The number of hydrogen-bond donors (Lipinski definition) is 1. The van der Waals surface area contributed by atoms with E-state index < -0.39 is 0 Å². The second-order valence-corrected chi connectivity index (χ2v) is 3.80. The maximum atomic E-state index is 13.3. The van der Waals surface area contributed by atoms with Gasteiger partial charge in [-0.3, -0.25) is 0 Å². The van der Waals surface area contributed by atoms with E-state index in [0.717, 1.165) is 0 Å². The fourth-order valence-electron chi connectivity index (χ4n) is 1.31. The van der Waals surface area contributed by atoms with Crippen molar-refractivity contribution < 1.29 is 9.13 Å². The second kappa shape index (κ2) is 6.05. The van der Waals surface area contributed by atoms with Crippen molar-refractivity contribution in [1.82, 2.24) is 0 Å². The van der Waals surface area contributed by atoms with Crippen LogP contribution in [-0.2, 0) is 11.2 Å². The van der Waals surface area contributed by atoms with Crippen LogP contribution in [0.2, 0.25) is 5.02 Å². The van der Waals surface area contributed by atoms with E-state index in [1.165, 1.54) is 12.1 Å². The summed E-state index contributed by atoms with van der Waals surface area (Å²) in [5.74, 6) is -0.272. The highest BCUT2D eigenvalue weighted by atomic mass is 35.5. The lowest BCUT2D eigenvalue weighted by molar-refractivity contribution is 0.133. The van der Waals surface area contributed by atoms with Crippen molar-refractivity contribution in [2.45, 2.75) is 19.4 Å². The van der Waals surface area contributed by atoms with Crippen molar-refractivity contribution in [3.05, 3.63) is 34.6 Å². The molecule has 1 atom stereocenters. The third kappa shape index (κ3) is 4.16. The first-order valence-electron chi connectivity index (χ1n) is 4.90. The molecular weight excluding hydrogens is 217 g/mol. The van der Waals surface area contributed by atoms with E-state index in [4.69, 9.17) is 22.1 Å². The molecule has 1 aromatic rings. The summed E-state index contributed by atoms with van der Waals surface area (Å²) in [6.45, 7) is 2.95. The van der Waals surface area contributed by atoms with Crippen LogP contribution in [0.4, 0.5) is 4.39 Å². The van der Waals surface area contributed by atoms with Gasteiger partial charge in [-0.15, -0.1) is 0 Å². The molecule has 1 rings (SSSR count). The first-order valence-corrected chi connectivity index (χ1v) is 5.28. The van der Waals surface area contributed by atoms with Crippen LogP contribution in [0.25, 0.3) is 0 Å². The Labute approximate surface area is 94.2 Å². The Bertz CT molecular complexity index is 319. The molecule has 0 bridgehead atoms. The molecule has 0 amide bonds. The van der Waals surface area contributed by atoms with Gasteiger partial charge in [0.1, 0.15) is 5.82 Å². The lowest BCUT2D eigenvalue weighted by Gasteiger charge is -2.12. The summed E-state index contributed by atoms with van der Waals surface area (Å²) < 4.78 is 18.5. The highest BCUT2D eigenvalue weighted by Gasteiger charge is 2.08. The molecule has 4 heteroatoms. The normalized spacial score (nSPS) is 12.8. The molecule has 2 N–H and O–H groups in total. The van der Waals surface area contributed by atoms with Gasteiger partial charge in [0.05, 0.1) is 6.61 Å². The Morgan fingerprint density at radius 1 is 1.53 bits per heavy atom. The zero-order valence-corrected chi connectivity index (χ0v) is 9.43. The number of benzene rings is 1. The molecule has 0 aliphatic heterocycles. The van der Waals surface area contributed by atoms with Gasteiger partial charge in [-0.25, -0.2) is 4.39 Å². The quantitative estimate of drug-likeness (QED) is 0.845. The van der Waals surface area contributed by atoms with Crippen LogP contribution in [0.5, 0.6) is 0 Å². The van der Waals surface area contributed by atoms with Gasteiger partial charge >= 0.3 is 0 Å². The summed E-state index contributed by atoms with van der Waals surface area (Å²) in [6, 6.07) is 4.28. The van der Waals surface area contributed by atoms with Crippen molar-refractivity contribution in [2.75, 3.05) is 13.2 Å². The van der Waals surface area contributed by atoms with Crippen LogP contribution in [-0.4, -0.2) is 19.3 Å². The highest BCUT2D eigenvalue weighted by molar-refractivity contribution is 6.30. The van der Waals surface area contributed by atoms with Crippen LogP contribution in [0.3, 0.4) is 0 Å². The molecule has 0 radical (unpaired) electrons. The van der Waals surface area contributed by atoms with Crippen LogP contribution >= 0.6 is 11.6 Å². The van der Waals surface area contributed by atoms with Gasteiger partial charge in [0, 0.05) is 17.7 Å². The Morgan fingerprint density at radius 2 is 2.27 bits per heavy atom. The molecular formula is C11H15ClFNO. The molecule has 0 aromatic heterocycles. The van der Waals surface area contributed by atoms with Crippen LogP contribution < -0.4 is 5.73 Å². The van der Waals surface area contributed by atoms with Crippen LogP contribution in [0.1, 0.15) is 12.5 Å². The maximum absolute atomic E-state index is 13.3. The lowest BCUT2D eigenvalue weighted by Crippen LogP contribution is -2.29. The number of nitrogens with two attached hydrogens (primary N) is 1. The predicted molar refractivity (Wildman–Crippen MR) is 59.6 cm³/mol. The second-order valence-electron chi connectivity index (χ2n) is 3.36. The number of hydrogen-bond acceptors (Lipinski definition) is 2. The standard InChI is InChI=1S/C11H15ClFNO/c1-2-15-7-10(14)6-8-5-9(12)3-4-11(8)13/h3-5,10H,2,6-7,14H2,1H3. The van der Waals surface area contributed by atoms with Crippen molar-refractivity contribution in [1.29, 1.82) is 0 Å². The summed E-state index contributed by atoms with van der Waals surface area (Å²) >= 11 is 5.77. The van der Waals surface area contributed by atoms with E-state index >= 15 is 0 Å². The Kier molecular flexibility index (Phi) is 5.02. The molecule has 0 saturated heterocycles. The number of rotatable bonds is 5. The summed E-state index contributed by atoms with van der Waals surface area (Å²) in [4.78, 5) is 0. The third-order valence-corrected chi connectivity index (χ3v) is 2.26. The largest absolute Gasteiger partial charge is 0.380 e. The van der Waals surface area contributed by atoms with E-state index in [2.05, 4.69) is 0 Å².